The fraction of sp³-hybridized carbons (Fsp3) is 0.400. The van der Waals surface area contributed by atoms with Gasteiger partial charge in [-0.15, -0.1) is 0 Å². The predicted molar refractivity (Wildman–Crippen MR) is 87.0 cm³/mol. The van der Waals surface area contributed by atoms with Crippen LogP contribution < -0.4 is 0 Å². The summed E-state index contributed by atoms with van der Waals surface area (Å²) in [5.41, 5.74) is 5.10. The molecule has 0 heteroatoms. The zero-order chi connectivity index (χ0) is 14.5. The van der Waals surface area contributed by atoms with Crippen molar-refractivity contribution in [3.05, 3.63) is 59.7 Å². The highest BCUT2D eigenvalue weighted by atomic mass is 14.1. The van der Waals surface area contributed by atoms with E-state index in [1.54, 1.807) is 0 Å². The van der Waals surface area contributed by atoms with E-state index in [0.29, 0.717) is 11.8 Å². The van der Waals surface area contributed by atoms with Gasteiger partial charge >= 0.3 is 0 Å². The average molecular weight is 264 g/mol. The van der Waals surface area contributed by atoms with Crippen LogP contribution in [-0.4, -0.2) is 0 Å². The molecule has 0 aromatic heterocycles. The largest absolute Gasteiger partial charge is 0.0648 e. The van der Waals surface area contributed by atoms with Crippen molar-refractivity contribution in [3.63, 3.8) is 0 Å². The zero-order valence-corrected chi connectivity index (χ0v) is 13.0. The Hall–Kier alpha value is -1.56. The van der Waals surface area contributed by atoms with Crippen LogP contribution in [0, 0.1) is 12.1 Å². The van der Waals surface area contributed by atoms with Gasteiger partial charge in [-0.25, -0.2) is 0 Å². The molecule has 2 radical (unpaired) electrons. The van der Waals surface area contributed by atoms with Crippen molar-refractivity contribution in [1.29, 1.82) is 0 Å². The third-order valence-corrected chi connectivity index (χ3v) is 4.30. The molecule has 2 unspecified atom stereocenters. The Bertz CT molecular complexity index is 502. The highest BCUT2D eigenvalue weighted by Crippen LogP contribution is 2.28. The van der Waals surface area contributed by atoms with Crippen LogP contribution in [0.4, 0.5) is 0 Å². The summed E-state index contributed by atoms with van der Waals surface area (Å²) >= 11 is 0. The smallest absolute Gasteiger partial charge is 0.00960 e. The highest BCUT2D eigenvalue weighted by molar-refractivity contribution is 5.64. The summed E-state index contributed by atoms with van der Waals surface area (Å²) in [5, 5.41) is 0. The third kappa shape index (κ3) is 3.30. The van der Waals surface area contributed by atoms with Crippen LogP contribution >= 0.6 is 0 Å². The SMILES string of the molecule is CCC(C)c1cc[c]c(-c2[c]ccc(C(C)CC)c2)c1. The van der Waals surface area contributed by atoms with Gasteiger partial charge in [-0.3, -0.25) is 0 Å². The van der Waals surface area contributed by atoms with E-state index in [4.69, 9.17) is 0 Å². The molecular formula is C20H24. The summed E-state index contributed by atoms with van der Waals surface area (Å²) < 4.78 is 0. The summed E-state index contributed by atoms with van der Waals surface area (Å²) in [6.07, 6.45) is 2.33. The lowest BCUT2D eigenvalue weighted by Crippen LogP contribution is -1.94. The van der Waals surface area contributed by atoms with E-state index in [1.165, 1.54) is 24.0 Å². The minimum absolute atomic E-state index is 0.598. The molecular weight excluding hydrogens is 240 g/mol. The fourth-order valence-corrected chi connectivity index (χ4v) is 2.36. The first-order chi connectivity index (χ1) is 9.65. The van der Waals surface area contributed by atoms with Gasteiger partial charge in [0.15, 0.2) is 0 Å². The van der Waals surface area contributed by atoms with Crippen molar-refractivity contribution in [3.8, 4) is 11.1 Å². The molecule has 104 valence electrons. The maximum Gasteiger partial charge on any atom is -0.00960 e. The lowest BCUT2D eigenvalue weighted by Gasteiger charge is -2.13. The van der Waals surface area contributed by atoms with Crippen molar-refractivity contribution < 1.29 is 0 Å². The maximum atomic E-state index is 3.36. The summed E-state index contributed by atoms with van der Waals surface area (Å²) in [6.45, 7) is 9.02. The normalized spacial score (nSPS) is 14.0. The Balaban J connectivity index is 2.36. The van der Waals surface area contributed by atoms with Crippen LogP contribution in [-0.2, 0) is 0 Å². The monoisotopic (exact) mass is 264 g/mol. The first kappa shape index (κ1) is 14.8. The molecule has 2 atom stereocenters. The standard InChI is InChI=1S/C20H24/c1-5-15(3)17-9-7-11-19(13-17)20-12-8-10-18(14-20)16(4)6-2/h7-10,13-16H,5-6H2,1-4H3. The first-order valence-electron chi connectivity index (χ1n) is 7.69. The summed E-state index contributed by atoms with van der Waals surface area (Å²) in [5.74, 6) is 1.20. The molecule has 0 heterocycles. The van der Waals surface area contributed by atoms with Crippen LogP contribution in [0.2, 0.25) is 0 Å². The number of hydrogen-bond donors (Lipinski definition) is 0. The summed E-state index contributed by atoms with van der Waals surface area (Å²) in [7, 11) is 0. The van der Waals surface area contributed by atoms with Gasteiger partial charge in [-0.2, -0.15) is 0 Å². The van der Waals surface area contributed by atoms with E-state index in [-0.39, 0.29) is 0 Å². The van der Waals surface area contributed by atoms with E-state index in [9.17, 15) is 0 Å². The maximum absolute atomic E-state index is 3.36. The molecule has 2 aromatic carbocycles. The number of hydrogen-bond acceptors (Lipinski definition) is 0. The molecule has 0 bridgehead atoms. The molecule has 0 nitrogen and oxygen atoms in total. The van der Waals surface area contributed by atoms with Crippen molar-refractivity contribution in [2.75, 3.05) is 0 Å². The second-order valence-corrected chi connectivity index (χ2v) is 5.69. The van der Waals surface area contributed by atoms with Crippen LogP contribution in [0.25, 0.3) is 11.1 Å². The van der Waals surface area contributed by atoms with Crippen LogP contribution in [0.3, 0.4) is 0 Å². The molecule has 0 aliphatic heterocycles. The van der Waals surface area contributed by atoms with E-state index < -0.39 is 0 Å². The van der Waals surface area contributed by atoms with E-state index >= 15 is 0 Å². The molecule has 20 heavy (non-hydrogen) atoms. The Kier molecular flexibility index (Phi) is 5.00. The first-order valence-corrected chi connectivity index (χ1v) is 7.69. The Morgan fingerprint density at radius 3 is 1.55 bits per heavy atom. The molecule has 0 spiro atoms. The minimum atomic E-state index is 0.598. The predicted octanol–water partition coefficient (Wildman–Crippen LogP) is 5.98. The molecule has 0 aliphatic carbocycles. The van der Waals surface area contributed by atoms with Crippen molar-refractivity contribution in [2.45, 2.75) is 52.4 Å². The van der Waals surface area contributed by atoms with Crippen LogP contribution in [0.15, 0.2) is 36.4 Å². The molecule has 0 N–H and O–H groups in total. The van der Waals surface area contributed by atoms with Gasteiger partial charge in [0.05, 0.1) is 0 Å². The molecule has 0 aliphatic rings. The van der Waals surface area contributed by atoms with Crippen molar-refractivity contribution in [1.82, 2.24) is 0 Å². The van der Waals surface area contributed by atoms with E-state index in [2.05, 4.69) is 64.1 Å². The Morgan fingerprint density at radius 1 is 0.800 bits per heavy atom. The van der Waals surface area contributed by atoms with Gasteiger partial charge in [-0.1, -0.05) is 64.1 Å². The second kappa shape index (κ2) is 6.74. The number of rotatable bonds is 5. The molecule has 2 aromatic rings. The summed E-state index contributed by atoms with van der Waals surface area (Å²) in [4.78, 5) is 0. The quantitative estimate of drug-likeness (QED) is 0.623. The molecule has 0 amide bonds. The Labute approximate surface area is 123 Å². The highest BCUT2D eigenvalue weighted by Gasteiger charge is 2.08. The van der Waals surface area contributed by atoms with Gasteiger partial charge in [0, 0.05) is 0 Å². The van der Waals surface area contributed by atoms with E-state index in [0.717, 1.165) is 11.1 Å². The van der Waals surface area contributed by atoms with Gasteiger partial charge < -0.3 is 0 Å². The molecule has 0 saturated carbocycles. The van der Waals surface area contributed by atoms with Crippen molar-refractivity contribution in [2.24, 2.45) is 0 Å². The summed E-state index contributed by atoms with van der Waals surface area (Å²) in [6, 6.07) is 19.7. The van der Waals surface area contributed by atoms with Gasteiger partial charge in [0.1, 0.15) is 0 Å². The van der Waals surface area contributed by atoms with Gasteiger partial charge in [0.2, 0.25) is 0 Å². The average Bonchev–Trinajstić information content (AvgIpc) is 2.53. The molecule has 0 fully saturated rings. The van der Waals surface area contributed by atoms with Crippen LogP contribution in [0.5, 0.6) is 0 Å². The zero-order valence-electron chi connectivity index (χ0n) is 13.0. The molecule has 2 rings (SSSR count). The molecule has 0 saturated heterocycles. The van der Waals surface area contributed by atoms with Crippen molar-refractivity contribution >= 4 is 0 Å². The van der Waals surface area contributed by atoms with E-state index in [1.807, 2.05) is 12.1 Å². The topological polar surface area (TPSA) is 0 Å². The van der Waals surface area contributed by atoms with Gasteiger partial charge in [-0.05, 0) is 59.1 Å². The third-order valence-electron chi connectivity index (χ3n) is 4.30. The minimum Gasteiger partial charge on any atom is -0.0648 e. The Morgan fingerprint density at radius 2 is 1.20 bits per heavy atom. The lowest BCUT2D eigenvalue weighted by atomic mass is 9.92. The fourth-order valence-electron chi connectivity index (χ4n) is 2.36. The van der Waals surface area contributed by atoms with Gasteiger partial charge in [0.25, 0.3) is 0 Å². The van der Waals surface area contributed by atoms with Crippen LogP contribution in [0.1, 0.15) is 63.5 Å². The second-order valence-electron chi connectivity index (χ2n) is 5.69. The lowest BCUT2D eigenvalue weighted by molar-refractivity contribution is 0.733. The number of benzene rings is 2.